The van der Waals surface area contributed by atoms with Crippen molar-refractivity contribution in [2.24, 2.45) is 0 Å². The van der Waals surface area contributed by atoms with Gasteiger partial charge < -0.3 is 4.74 Å². The van der Waals surface area contributed by atoms with E-state index in [2.05, 4.69) is 34.7 Å². The molecule has 0 heterocycles. The van der Waals surface area contributed by atoms with Gasteiger partial charge in [0.1, 0.15) is 6.35 Å². The van der Waals surface area contributed by atoms with Crippen LogP contribution in [-0.4, -0.2) is 17.4 Å². The van der Waals surface area contributed by atoms with Crippen LogP contribution in [0.4, 0.5) is 0 Å². The molecule has 0 radical (unpaired) electrons. The standard InChI is InChI=1S/C5H8IO3PS/c6-10-3-9-4(7)1-2-5(8)11/h10H,1-3H2,(H,8,11). The zero-order valence-corrected chi connectivity index (χ0v) is 9.72. The Morgan fingerprint density at radius 2 is 2.09 bits per heavy atom. The molecule has 0 rings (SSSR count). The highest BCUT2D eigenvalue weighted by Crippen LogP contribution is 2.19. The predicted molar refractivity (Wildman–Crippen MR) is 56.5 cm³/mol. The van der Waals surface area contributed by atoms with Crippen molar-refractivity contribution in [3.05, 3.63) is 0 Å². The maximum Gasteiger partial charge on any atom is 0.306 e. The summed E-state index contributed by atoms with van der Waals surface area (Å²) >= 11 is 5.65. The van der Waals surface area contributed by atoms with Crippen molar-refractivity contribution in [1.29, 1.82) is 0 Å². The SMILES string of the molecule is O=C(S)CCC(=O)OCPI. The maximum atomic E-state index is 10.7. The Bertz CT molecular complexity index is 153. The van der Waals surface area contributed by atoms with Crippen LogP contribution >= 0.6 is 40.9 Å². The lowest BCUT2D eigenvalue weighted by Crippen LogP contribution is -2.04. The highest BCUT2D eigenvalue weighted by molar-refractivity contribution is 14.2. The van der Waals surface area contributed by atoms with Crippen molar-refractivity contribution < 1.29 is 14.3 Å². The summed E-state index contributed by atoms with van der Waals surface area (Å²) in [6, 6.07) is 0. The molecule has 11 heavy (non-hydrogen) atoms. The van der Waals surface area contributed by atoms with Gasteiger partial charge in [-0.25, -0.2) is 0 Å². The molecule has 0 aromatic rings. The second-order valence-electron chi connectivity index (χ2n) is 1.69. The first-order valence-electron chi connectivity index (χ1n) is 2.87. The van der Waals surface area contributed by atoms with Crippen LogP contribution in [0.25, 0.3) is 0 Å². The first kappa shape index (κ1) is 11.6. The van der Waals surface area contributed by atoms with E-state index in [0.717, 1.165) is 0 Å². The van der Waals surface area contributed by atoms with Gasteiger partial charge in [0.25, 0.3) is 0 Å². The molecule has 0 bridgehead atoms. The van der Waals surface area contributed by atoms with E-state index in [4.69, 9.17) is 4.74 Å². The van der Waals surface area contributed by atoms with E-state index in [0.29, 0.717) is 12.6 Å². The third-order valence-corrected chi connectivity index (χ3v) is 2.24. The maximum absolute atomic E-state index is 10.7. The van der Waals surface area contributed by atoms with Crippen LogP contribution in [0.1, 0.15) is 12.8 Å². The third-order valence-electron chi connectivity index (χ3n) is 0.831. The zero-order chi connectivity index (χ0) is 8.69. The number of thiol groups is 1. The van der Waals surface area contributed by atoms with E-state index < -0.39 is 0 Å². The molecule has 1 atom stereocenters. The second-order valence-corrected chi connectivity index (χ2v) is 5.03. The molecule has 0 saturated heterocycles. The largest absolute Gasteiger partial charge is 0.461 e. The molecule has 0 fully saturated rings. The summed E-state index contributed by atoms with van der Waals surface area (Å²) in [5, 5.41) is -0.279. The molecule has 0 aromatic carbocycles. The predicted octanol–water partition coefficient (Wildman–Crippen LogP) is 1.75. The number of ether oxygens (including phenoxy) is 1. The summed E-state index contributed by atoms with van der Waals surface area (Å²) in [4.78, 5) is 21.0. The van der Waals surface area contributed by atoms with Gasteiger partial charge >= 0.3 is 5.97 Å². The van der Waals surface area contributed by atoms with Crippen molar-refractivity contribution >= 4 is 52.0 Å². The van der Waals surface area contributed by atoms with Crippen LogP contribution < -0.4 is 0 Å². The molecule has 0 aromatic heterocycles. The molecule has 0 aliphatic rings. The van der Waals surface area contributed by atoms with Gasteiger partial charge in [0.2, 0.25) is 0 Å². The lowest BCUT2D eigenvalue weighted by molar-refractivity contribution is -0.142. The summed E-state index contributed by atoms with van der Waals surface area (Å²) in [5.74, 6) is -0.323. The number of esters is 1. The average molecular weight is 306 g/mol. The van der Waals surface area contributed by atoms with Gasteiger partial charge in [0.05, 0.1) is 6.42 Å². The second kappa shape index (κ2) is 7.31. The van der Waals surface area contributed by atoms with Gasteiger partial charge in [0.15, 0.2) is 5.12 Å². The van der Waals surface area contributed by atoms with Gasteiger partial charge in [-0.2, -0.15) is 0 Å². The minimum Gasteiger partial charge on any atom is -0.461 e. The molecule has 0 aliphatic carbocycles. The Balaban J connectivity index is 3.30. The topological polar surface area (TPSA) is 43.4 Å². The molecule has 0 saturated carbocycles. The Morgan fingerprint density at radius 3 is 2.55 bits per heavy atom. The number of carbonyl (C=O) groups excluding carboxylic acids is 2. The summed E-state index contributed by atoms with van der Waals surface area (Å²) in [6.45, 7) is 0. The molecule has 1 unspecified atom stereocenters. The third kappa shape index (κ3) is 8.56. The van der Waals surface area contributed by atoms with Crippen LogP contribution in [-0.2, 0) is 14.3 Å². The Kier molecular flexibility index (Phi) is 7.74. The van der Waals surface area contributed by atoms with E-state index in [1.807, 2.05) is 0 Å². The number of halogens is 1. The highest BCUT2D eigenvalue weighted by atomic mass is 127. The smallest absolute Gasteiger partial charge is 0.306 e. The minimum atomic E-state index is -0.323. The van der Waals surface area contributed by atoms with Crippen LogP contribution in [0.3, 0.4) is 0 Å². The van der Waals surface area contributed by atoms with Crippen molar-refractivity contribution in [2.75, 3.05) is 6.35 Å². The van der Waals surface area contributed by atoms with E-state index in [1.54, 1.807) is 0 Å². The quantitative estimate of drug-likeness (QED) is 0.364. The van der Waals surface area contributed by atoms with E-state index in [9.17, 15) is 9.59 Å². The summed E-state index contributed by atoms with van der Waals surface area (Å²) in [7, 11) is 0. The van der Waals surface area contributed by atoms with Gasteiger partial charge in [0, 0.05) is 6.42 Å². The average Bonchev–Trinajstić information content (AvgIpc) is 1.97. The number of hydrogen-bond donors (Lipinski definition) is 1. The normalized spacial score (nSPS) is 10.4. The van der Waals surface area contributed by atoms with E-state index >= 15 is 0 Å². The monoisotopic (exact) mass is 306 g/mol. The van der Waals surface area contributed by atoms with Gasteiger partial charge in [-0.3, -0.25) is 9.59 Å². The molecular formula is C5H8IO3PS. The molecular weight excluding hydrogens is 298 g/mol. The molecule has 3 nitrogen and oxygen atoms in total. The number of hydrogen-bond acceptors (Lipinski definition) is 3. The molecule has 0 N–H and O–H groups in total. The summed E-state index contributed by atoms with van der Waals surface area (Å²) in [6.07, 6.45) is 1.32. The zero-order valence-electron chi connectivity index (χ0n) is 5.67. The fourth-order valence-electron chi connectivity index (χ4n) is 0.389. The van der Waals surface area contributed by atoms with Crippen LogP contribution in [0.5, 0.6) is 0 Å². The van der Waals surface area contributed by atoms with Crippen molar-refractivity contribution in [3.63, 3.8) is 0 Å². The lowest BCUT2D eigenvalue weighted by atomic mass is 10.3. The Hall–Kier alpha value is 0.650. The minimum absolute atomic E-state index is 0.142. The van der Waals surface area contributed by atoms with E-state index in [-0.39, 0.29) is 23.9 Å². The first-order chi connectivity index (χ1) is 5.16. The van der Waals surface area contributed by atoms with Gasteiger partial charge in [-0.05, 0) is 6.22 Å². The van der Waals surface area contributed by atoms with Crippen LogP contribution in [0.15, 0.2) is 0 Å². The van der Waals surface area contributed by atoms with Crippen molar-refractivity contribution in [3.8, 4) is 0 Å². The first-order valence-corrected chi connectivity index (χ1v) is 7.64. The molecule has 0 aliphatic heterocycles. The summed E-state index contributed by atoms with van der Waals surface area (Å²) in [5.41, 5.74) is 0. The van der Waals surface area contributed by atoms with Crippen LogP contribution in [0, 0.1) is 0 Å². The molecule has 0 amide bonds. The lowest BCUT2D eigenvalue weighted by Gasteiger charge is -1.99. The Labute approximate surface area is 85.3 Å². The van der Waals surface area contributed by atoms with Gasteiger partial charge in [-0.15, -0.1) is 12.6 Å². The van der Waals surface area contributed by atoms with Crippen LogP contribution in [0.2, 0.25) is 0 Å². The number of rotatable bonds is 5. The van der Waals surface area contributed by atoms with Gasteiger partial charge in [-0.1, -0.05) is 22.0 Å². The fourth-order valence-corrected chi connectivity index (χ4v) is 1.18. The number of carbonyl (C=O) groups is 2. The Morgan fingerprint density at radius 1 is 1.45 bits per heavy atom. The van der Waals surface area contributed by atoms with E-state index in [1.165, 1.54) is 0 Å². The highest BCUT2D eigenvalue weighted by Gasteiger charge is 2.03. The fraction of sp³-hybridized carbons (Fsp3) is 0.600. The van der Waals surface area contributed by atoms with Crippen molar-refractivity contribution in [2.45, 2.75) is 12.8 Å². The molecule has 64 valence electrons. The molecule has 0 spiro atoms. The summed E-state index contributed by atoms with van der Waals surface area (Å²) < 4.78 is 4.72. The molecule has 6 heteroatoms. The van der Waals surface area contributed by atoms with Crippen molar-refractivity contribution in [1.82, 2.24) is 0 Å².